The van der Waals surface area contributed by atoms with Crippen LogP contribution in [0.1, 0.15) is 30.9 Å². The molecule has 0 saturated carbocycles. The Labute approximate surface area is 201 Å². The van der Waals surface area contributed by atoms with Crippen LogP contribution in [-0.4, -0.2) is 37.2 Å². The van der Waals surface area contributed by atoms with Crippen molar-refractivity contribution in [3.05, 3.63) is 77.2 Å². The maximum Gasteiger partial charge on any atom is 0.347 e. The van der Waals surface area contributed by atoms with Gasteiger partial charge in [0.05, 0.1) is 22.8 Å². The third kappa shape index (κ3) is 3.03. The summed E-state index contributed by atoms with van der Waals surface area (Å²) >= 11 is 1.85. The molecule has 1 aliphatic heterocycles. The van der Waals surface area contributed by atoms with Crippen LogP contribution in [0.4, 0.5) is 0 Å². The van der Waals surface area contributed by atoms with E-state index in [-0.39, 0.29) is 36.0 Å². The van der Waals surface area contributed by atoms with Gasteiger partial charge in [0, 0.05) is 42.2 Å². The van der Waals surface area contributed by atoms with Crippen LogP contribution in [0, 0.1) is 0 Å². The number of hydrogen-bond donors (Lipinski definition) is 1. The highest BCUT2D eigenvalue weighted by molar-refractivity contribution is 14.1. The molecule has 1 aromatic heterocycles. The highest BCUT2D eigenvalue weighted by Crippen LogP contribution is 2.52. The summed E-state index contributed by atoms with van der Waals surface area (Å²) in [5.74, 6) is -1.19. The first-order chi connectivity index (χ1) is 15.8. The van der Waals surface area contributed by atoms with Crippen molar-refractivity contribution in [1.29, 1.82) is 0 Å². The number of benzene rings is 1. The number of aromatic hydroxyl groups is 1. The van der Waals surface area contributed by atoms with Crippen molar-refractivity contribution in [3.8, 4) is 11.5 Å². The minimum Gasteiger partial charge on any atom is -0.504 e. The van der Waals surface area contributed by atoms with Gasteiger partial charge in [0.1, 0.15) is 0 Å². The Morgan fingerprint density at radius 1 is 1.18 bits per heavy atom. The number of phenols is 1. The number of carbonyl (C=O) groups excluding carboxylic acids is 2. The SMILES string of the molecule is CCOc1cccc(C2C3=CCn4c(=O)n(C)c(=O)n4C3CC3=C2C(=O)C(I)=CC3=O)c1O. The normalized spacial score (nSPS) is 21.8. The van der Waals surface area contributed by atoms with Gasteiger partial charge in [-0.05, 0) is 41.2 Å². The first-order valence-electron chi connectivity index (χ1n) is 10.5. The standard InChI is InChI=1S/C23H20IN3O6/c1-3-33-17-6-4-5-12(20(17)29)18-11-7-8-26-22(31)25(2)23(32)27(26)15(11)9-13-16(28)10-14(24)21(30)19(13)18/h4-7,10,15,18,29H,3,8-9H2,1-2H3. The molecule has 0 amide bonds. The first-order valence-corrected chi connectivity index (χ1v) is 11.6. The lowest BCUT2D eigenvalue weighted by Crippen LogP contribution is -2.40. The summed E-state index contributed by atoms with van der Waals surface area (Å²) in [5.41, 5.74) is 0.760. The Morgan fingerprint density at radius 3 is 2.67 bits per heavy atom. The third-order valence-electron chi connectivity index (χ3n) is 6.43. The van der Waals surface area contributed by atoms with E-state index in [2.05, 4.69) is 0 Å². The zero-order valence-corrected chi connectivity index (χ0v) is 20.0. The maximum atomic E-state index is 13.3. The number of para-hydroxylation sites is 1. The molecule has 0 spiro atoms. The lowest BCUT2D eigenvalue weighted by atomic mass is 9.68. The predicted octanol–water partition coefficient (Wildman–Crippen LogP) is 1.89. The fraction of sp³-hybridized carbons (Fsp3) is 0.304. The largest absolute Gasteiger partial charge is 0.504 e. The quantitative estimate of drug-likeness (QED) is 0.348. The first kappa shape index (κ1) is 21.7. The number of phenolic OH excluding ortho intramolecular Hbond substituents is 1. The Kier molecular flexibility index (Phi) is 5.07. The number of fused-ring (bicyclic) bond motifs is 3. The number of Topliss-reactive ketones (excluding diaryl/α,β-unsaturated/α-hetero) is 1. The molecular formula is C23H20IN3O6. The van der Waals surface area contributed by atoms with E-state index in [1.807, 2.05) is 28.7 Å². The topological polar surface area (TPSA) is 113 Å². The molecule has 10 heteroatoms. The molecule has 0 bridgehead atoms. The fourth-order valence-electron chi connectivity index (χ4n) is 4.98. The van der Waals surface area contributed by atoms with Crippen molar-refractivity contribution < 1.29 is 19.4 Å². The summed E-state index contributed by atoms with van der Waals surface area (Å²) in [6.07, 6.45) is 3.22. The zero-order chi connectivity index (χ0) is 23.6. The van der Waals surface area contributed by atoms with Crippen LogP contribution in [0.15, 0.2) is 60.2 Å². The number of aromatic nitrogens is 3. The van der Waals surface area contributed by atoms with Gasteiger partial charge in [-0.2, -0.15) is 0 Å². The molecule has 2 unspecified atom stereocenters. The van der Waals surface area contributed by atoms with Crippen LogP contribution < -0.4 is 16.1 Å². The summed E-state index contributed by atoms with van der Waals surface area (Å²) in [5, 5.41) is 11.1. The van der Waals surface area contributed by atoms with Crippen molar-refractivity contribution in [1.82, 2.24) is 13.9 Å². The summed E-state index contributed by atoms with van der Waals surface area (Å²) in [4.78, 5) is 51.8. The number of nitrogens with zero attached hydrogens (tertiary/aromatic N) is 3. The summed E-state index contributed by atoms with van der Waals surface area (Å²) < 4.78 is 9.57. The van der Waals surface area contributed by atoms with Crippen molar-refractivity contribution in [2.75, 3.05) is 6.61 Å². The van der Waals surface area contributed by atoms with Gasteiger partial charge in [-0.25, -0.2) is 23.5 Å². The number of ether oxygens (including phenoxy) is 1. The molecule has 2 aromatic rings. The number of allylic oxidation sites excluding steroid dienone is 6. The highest BCUT2D eigenvalue weighted by Gasteiger charge is 2.45. The van der Waals surface area contributed by atoms with E-state index in [1.54, 1.807) is 25.1 Å². The monoisotopic (exact) mass is 561 g/mol. The van der Waals surface area contributed by atoms with Crippen LogP contribution in [0.5, 0.6) is 11.5 Å². The Balaban J connectivity index is 1.79. The average Bonchev–Trinajstić information content (AvgIpc) is 3.02. The Hall–Kier alpha value is -3.15. The zero-order valence-electron chi connectivity index (χ0n) is 17.9. The molecule has 9 nitrogen and oxygen atoms in total. The molecule has 1 aromatic carbocycles. The van der Waals surface area contributed by atoms with E-state index in [0.717, 1.165) is 4.57 Å². The Morgan fingerprint density at radius 2 is 1.94 bits per heavy atom. The minimum atomic E-state index is -0.759. The summed E-state index contributed by atoms with van der Waals surface area (Å²) in [6, 6.07) is 4.40. The number of rotatable bonds is 3. The molecule has 2 atom stereocenters. The van der Waals surface area contributed by atoms with Gasteiger partial charge in [0.25, 0.3) is 0 Å². The second kappa shape index (κ2) is 7.72. The molecule has 0 saturated heterocycles. The molecule has 2 aliphatic carbocycles. The molecule has 5 rings (SSSR count). The molecular weight excluding hydrogens is 541 g/mol. The van der Waals surface area contributed by atoms with Crippen LogP contribution in [0.3, 0.4) is 0 Å². The van der Waals surface area contributed by atoms with E-state index in [1.165, 1.54) is 22.5 Å². The molecule has 0 fully saturated rings. The van der Waals surface area contributed by atoms with Crippen LogP contribution >= 0.6 is 22.6 Å². The summed E-state index contributed by atoms with van der Waals surface area (Å²) in [7, 11) is 1.41. The second-order valence-corrected chi connectivity index (χ2v) is 9.27. The predicted molar refractivity (Wildman–Crippen MR) is 127 cm³/mol. The van der Waals surface area contributed by atoms with E-state index < -0.39 is 23.3 Å². The lowest BCUT2D eigenvalue weighted by molar-refractivity contribution is -0.115. The number of carbonyl (C=O) groups is 2. The van der Waals surface area contributed by atoms with Gasteiger partial charge in [-0.1, -0.05) is 18.2 Å². The van der Waals surface area contributed by atoms with Crippen molar-refractivity contribution in [3.63, 3.8) is 0 Å². The van der Waals surface area contributed by atoms with Crippen molar-refractivity contribution in [2.45, 2.75) is 31.8 Å². The average molecular weight is 561 g/mol. The Bertz CT molecular complexity index is 1450. The van der Waals surface area contributed by atoms with Crippen molar-refractivity contribution in [2.24, 2.45) is 7.05 Å². The van der Waals surface area contributed by atoms with E-state index in [0.29, 0.717) is 32.5 Å². The van der Waals surface area contributed by atoms with Gasteiger partial charge < -0.3 is 9.84 Å². The van der Waals surface area contributed by atoms with Gasteiger partial charge in [-0.15, -0.1) is 0 Å². The molecule has 3 aliphatic rings. The molecule has 0 radical (unpaired) electrons. The van der Waals surface area contributed by atoms with E-state index in [9.17, 15) is 24.3 Å². The van der Waals surface area contributed by atoms with Crippen LogP contribution in [0.2, 0.25) is 0 Å². The molecule has 170 valence electrons. The van der Waals surface area contributed by atoms with Crippen molar-refractivity contribution >= 4 is 34.2 Å². The summed E-state index contributed by atoms with van der Waals surface area (Å²) in [6.45, 7) is 2.27. The molecule has 33 heavy (non-hydrogen) atoms. The third-order valence-corrected chi connectivity index (χ3v) is 7.23. The number of hydrogen-bond acceptors (Lipinski definition) is 6. The molecule has 2 heterocycles. The molecule has 1 N–H and O–H groups in total. The van der Waals surface area contributed by atoms with E-state index >= 15 is 0 Å². The number of ketones is 2. The highest BCUT2D eigenvalue weighted by atomic mass is 127. The number of halogens is 1. The van der Waals surface area contributed by atoms with Gasteiger partial charge >= 0.3 is 11.4 Å². The lowest BCUT2D eigenvalue weighted by Gasteiger charge is -2.39. The maximum absolute atomic E-state index is 13.3. The van der Waals surface area contributed by atoms with E-state index in [4.69, 9.17) is 4.74 Å². The van der Waals surface area contributed by atoms with Gasteiger partial charge in [0.2, 0.25) is 0 Å². The minimum absolute atomic E-state index is 0.109. The smallest absolute Gasteiger partial charge is 0.347 e. The van der Waals surface area contributed by atoms with Gasteiger partial charge in [0.15, 0.2) is 23.1 Å². The second-order valence-electron chi connectivity index (χ2n) is 8.11. The van der Waals surface area contributed by atoms with Gasteiger partial charge in [-0.3, -0.25) is 9.59 Å². The van der Waals surface area contributed by atoms with Crippen LogP contribution in [-0.2, 0) is 23.2 Å². The van der Waals surface area contributed by atoms with Crippen LogP contribution in [0.25, 0.3) is 0 Å². The fourth-order valence-corrected chi connectivity index (χ4v) is 5.55.